The maximum atomic E-state index is 11.8. The first-order valence-corrected chi connectivity index (χ1v) is 5.36. The normalized spacial score (nSPS) is 10.2. The summed E-state index contributed by atoms with van der Waals surface area (Å²) in [6.07, 6.45) is 3.31. The third-order valence-electron chi connectivity index (χ3n) is 2.23. The molecule has 5 nitrogen and oxygen atoms in total. The van der Waals surface area contributed by atoms with Gasteiger partial charge in [-0.15, -0.1) is 0 Å². The largest absolute Gasteiger partial charge is 0.398 e. The fourth-order valence-corrected chi connectivity index (χ4v) is 1.55. The molecule has 0 aliphatic heterocycles. The summed E-state index contributed by atoms with van der Waals surface area (Å²) in [6, 6.07) is 4.78. The van der Waals surface area contributed by atoms with Crippen molar-refractivity contribution in [3.05, 3.63) is 47.0 Å². The van der Waals surface area contributed by atoms with Gasteiger partial charge in [0.1, 0.15) is 5.82 Å². The lowest BCUT2D eigenvalue weighted by molar-refractivity contribution is 0.0951. The van der Waals surface area contributed by atoms with Crippen LogP contribution in [0.15, 0.2) is 30.6 Å². The van der Waals surface area contributed by atoms with Crippen LogP contribution in [0.1, 0.15) is 16.2 Å². The minimum atomic E-state index is -0.276. The van der Waals surface area contributed by atoms with Gasteiger partial charge in [-0.25, -0.2) is 4.98 Å². The Hall–Kier alpha value is -2.01. The number of anilines is 1. The highest BCUT2D eigenvalue weighted by Crippen LogP contribution is 2.17. The third-order valence-corrected chi connectivity index (χ3v) is 2.47. The van der Waals surface area contributed by atoms with Crippen LogP contribution in [0.25, 0.3) is 0 Å². The van der Waals surface area contributed by atoms with Gasteiger partial charge in [0.2, 0.25) is 0 Å². The fraction of sp³-hybridized carbons (Fsp3) is 0.0909. The highest BCUT2D eigenvalue weighted by Gasteiger charge is 2.10. The molecule has 4 N–H and O–H groups in total. The molecule has 1 heterocycles. The van der Waals surface area contributed by atoms with Crippen LogP contribution in [-0.2, 0) is 6.54 Å². The van der Waals surface area contributed by atoms with E-state index >= 15 is 0 Å². The molecule has 2 rings (SSSR count). The Morgan fingerprint density at radius 1 is 1.53 bits per heavy atom. The number of benzene rings is 1. The number of nitrogen functional groups attached to an aromatic ring is 1. The quantitative estimate of drug-likeness (QED) is 0.723. The predicted molar refractivity (Wildman–Crippen MR) is 65.6 cm³/mol. The van der Waals surface area contributed by atoms with Gasteiger partial charge in [0, 0.05) is 23.1 Å². The van der Waals surface area contributed by atoms with Gasteiger partial charge in [-0.2, -0.15) is 0 Å². The molecule has 0 saturated heterocycles. The van der Waals surface area contributed by atoms with Gasteiger partial charge in [-0.1, -0.05) is 11.6 Å². The van der Waals surface area contributed by atoms with E-state index in [1.165, 1.54) is 6.07 Å². The van der Waals surface area contributed by atoms with E-state index < -0.39 is 0 Å². The summed E-state index contributed by atoms with van der Waals surface area (Å²) in [5, 5.41) is 3.17. The molecule has 1 aromatic carbocycles. The van der Waals surface area contributed by atoms with Crippen LogP contribution in [0.5, 0.6) is 0 Å². The number of aromatic amines is 1. The molecular weight excluding hydrogens is 240 g/mol. The number of halogens is 1. The van der Waals surface area contributed by atoms with Crippen molar-refractivity contribution in [1.82, 2.24) is 15.3 Å². The number of carbonyl (C=O) groups is 1. The Bertz CT molecular complexity index is 524. The van der Waals surface area contributed by atoms with Gasteiger partial charge in [0.05, 0.1) is 12.1 Å². The van der Waals surface area contributed by atoms with Crippen LogP contribution in [0, 0.1) is 0 Å². The summed E-state index contributed by atoms with van der Waals surface area (Å²) >= 11 is 5.81. The second-order valence-electron chi connectivity index (χ2n) is 3.45. The minimum Gasteiger partial charge on any atom is -0.398 e. The maximum absolute atomic E-state index is 11.8. The lowest BCUT2D eigenvalue weighted by Gasteiger charge is -2.06. The number of nitrogens with one attached hydrogen (secondary N) is 2. The van der Waals surface area contributed by atoms with Crippen molar-refractivity contribution in [1.29, 1.82) is 0 Å². The zero-order valence-electron chi connectivity index (χ0n) is 8.90. The second-order valence-corrected chi connectivity index (χ2v) is 3.89. The Balaban J connectivity index is 2.07. The Kier molecular flexibility index (Phi) is 3.30. The smallest absolute Gasteiger partial charge is 0.253 e. The molecule has 1 amide bonds. The van der Waals surface area contributed by atoms with Crippen LogP contribution in [0.2, 0.25) is 5.02 Å². The summed E-state index contributed by atoms with van der Waals surface area (Å²) in [5.41, 5.74) is 6.46. The van der Waals surface area contributed by atoms with Crippen LogP contribution in [0.3, 0.4) is 0 Å². The lowest BCUT2D eigenvalue weighted by Crippen LogP contribution is -2.24. The number of hydrogen-bond acceptors (Lipinski definition) is 3. The molecule has 0 fully saturated rings. The molecule has 6 heteroatoms. The summed E-state index contributed by atoms with van der Waals surface area (Å²) in [7, 11) is 0. The van der Waals surface area contributed by atoms with Gasteiger partial charge in [-0.05, 0) is 18.2 Å². The maximum Gasteiger partial charge on any atom is 0.253 e. The highest BCUT2D eigenvalue weighted by atomic mass is 35.5. The van der Waals surface area contributed by atoms with Crippen molar-refractivity contribution in [3.63, 3.8) is 0 Å². The molecule has 0 saturated carbocycles. The van der Waals surface area contributed by atoms with E-state index in [9.17, 15) is 4.79 Å². The molecule has 88 valence electrons. The number of hydrogen-bond donors (Lipinski definition) is 3. The second kappa shape index (κ2) is 4.88. The average molecular weight is 251 g/mol. The van der Waals surface area contributed by atoms with Crippen molar-refractivity contribution in [2.75, 3.05) is 5.73 Å². The van der Waals surface area contributed by atoms with E-state index in [0.717, 1.165) is 0 Å². The van der Waals surface area contributed by atoms with E-state index in [0.29, 0.717) is 28.6 Å². The van der Waals surface area contributed by atoms with Crippen LogP contribution < -0.4 is 11.1 Å². The number of carbonyl (C=O) groups excluding carboxylic acids is 1. The molecule has 0 aliphatic carbocycles. The molecule has 0 unspecified atom stereocenters. The molecule has 0 radical (unpaired) electrons. The van der Waals surface area contributed by atoms with E-state index in [2.05, 4.69) is 15.3 Å². The molecule has 1 aromatic heterocycles. The first-order valence-electron chi connectivity index (χ1n) is 4.98. The van der Waals surface area contributed by atoms with Gasteiger partial charge < -0.3 is 16.0 Å². The van der Waals surface area contributed by atoms with Gasteiger partial charge in [-0.3, -0.25) is 4.79 Å². The molecule has 0 atom stereocenters. The summed E-state index contributed by atoms with van der Waals surface area (Å²) in [6.45, 7) is 0.317. The molecule has 0 spiro atoms. The van der Waals surface area contributed by atoms with Gasteiger partial charge >= 0.3 is 0 Å². The van der Waals surface area contributed by atoms with E-state index in [1.54, 1.807) is 24.5 Å². The standard InChI is InChI=1S/C11H11ClN4O/c12-7-1-2-9(13)8(5-7)11(17)16-6-10-14-3-4-15-10/h1-5H,6,13H2,(H,14,15)(H,16,17). The van der Waals surface area contributed by atoms with Gasteiger partial charge in [0.15, 0.2) is 0 Å². The topological polar surface area (TPSA) is 83.8 Å². The molecule has 0 bridgehead atoms. The van der Waals surface area contributed by atoms with Crippen molar-refractivity contribution in [3.8, 4) is 0 Å². The summed E-state index contributed by atoms with van der Waals surface area (Å²) < 4.78 is 0. The van der Waals surface area contributed by atoms with Crippen molar-refractivity contribution >= 4 is 23.2 Å². The number of rotatable bonds is 3. The number of nitrogens with zero attached hydrogens (tertiary/aromatic N) is 1. The minimum absolute atomic E-state index is 0.276. The SMILES string of the molecule is Nc1ccc(Cl)cc1C(=O)NCc1ncc[nH]1. The Morgan fingerprint density at radius 2 is 2.35 bits per heavy atom. The summed E-state index contributed by atoms with van der Waals surface area (Å²) in [4.78, 5) is 18.7. The zero-order chi connectivity index (χ0) is 12.3. The molecular formula is C11H11ClN4O. The predicted octanol–water partition coefficient (Wildman–Crippen LogP) is 1.58. The lowest BCUT2D eigenvalue weighted by atomic mass is 10.1. The average Bonchev–Trinajstić information content (AvgIpc) is 2.82. The Labute approximate surface area is 103 Å². The van der Waals surface area contributed by atoms with Crippen molar-refractivity contribution in [2.45, 2.75) is 6.54 Å². The monoisotopic (exact) mass is 250 g/mol. The fourth-order valence-electron chi connectivity index (χ4n) is 1.38. The number of H-pyrrole nitrogens is 1. The molecule has 0 aliphatic rings. The third kappa shape index (κ3) is 2.76. The summed E-state index contributed by atoms with van der Waals surface area (Å²) in [5.74, 6) is 0.403. The van der Waals surface area contributed by atoms with Crippen LogP contribution >= 0.6 is 11.6 Å². The number of nitrogens with two attached hydrogens (primary N) is 1. The van der Waals surface area contributed by atoms with Crippen LogP contribution in [0.4, 0.5) is 5.69 Å². The van der Waals surface area contributed by atoms with Crippen molar-refractivity contribution in [2.24, 2.45) is 0 Å². The highest BCUT2D eigenvalue weighted by molar-refractivity contribution is 6.31. The molecule has 2 aromatic rings. The van der Waals surface area contributed by atoms with E-state index in [4.69, 9.17) is 17.3 Å². The molecule has 17 heavy (non-hydrogen) atoms. The number of imidazole rings is 1. The zero-order valence-corrected chi connectivity index (χ0v) is 9.66. The number of aromatic nitrogens is 2. The first kappa shape index (κ1) is 11.5. The Morgan fingerprint density at radius 3 is 3.06 bits per heavy atom. The number of amides is 1. The van der Waals surface area contributed by atoms with E-state index in [-0.39, 0.29) is 5.91 Å². The van der Waals surface area contributed by atoms with Gasteiger partial charge in [0.25, 0.3) is 5.91 Å². The van der Waals surface area contributed by atoms with E-state index in [1.807, 2.05) is 0 Å². The van der Waals surface area contributed by atoms with Crippen molar-refractivity contribution < 1.29 is 4.79 Å². The first-order chi connectivity index (χ1) is 8.16. The van der Waals surface area contributed by atoms with Crippen LogP contribution in [-0.4, -0.2) is 15.9 Å².